The van der Waals surface area contributed by atoms with E-state index in [0.717, 1.165) is 0 Å². The number of β-lactam (4-membered cyclic amide) rings is 1. The van der Waals surface area contributed by atoms with Crippen LogP contribution in [0.5, 0.6) is 0 Å². The molecule has 5 rings (SSSR count). The number of fused-ring (bicyclic) bond motifs is 2. The van der Waals surface area contributed by atoms with Crippen LogP contribution in [0.1, 0.15) is 0 Å². The van der Waals surface area contributed by atoms with Crippen LogP contribution in [0.15, 0.2) is 45.2 Å². The van der Waals surface area contributed by atoms with Gasteiger partial charge in [0, 0.05) is 15.6 Å². The van der Waals surface area contributed by atoms with Gasteiger partial charge in [-0.15, -0.1) is 39.8 Å². The van der Waals surface area contributed by atoms with Crippen molar-refractivity contribution in [3.05, 3.63) is 45.4 Å². The number of aromatic nitrogens is 5. The van der Waals surface area contributed by atoms with Crippen LogP contribution in [0.25, 0.3) is 5.65 Å². The summed E-state index contributed by atoms with van der Waals surface area (Å²) in [7, 11) is 0. The predicted molar refractivity (Wildman–Crippen MR) is 147 cm³/mol. The Morgan fingerprint density at radius 1 is 1.24 bits per heavy atom. The molecule has 2 atom stereocenters. The zero-order chi connectivity index (χ0) is 27.0. The molecule has 38 heavy (non-hydrogen) atoms. The number of anilines is 1. The van der Waals surface area contributed by atoms with Crippen molar-refractivity contribution in [2.75, 3.05) is 22.3 Å². The Morgan fingerprint density at radius 2 is 2.00 bits per heavy atom. The Morgan fingerprint density at radius 3 is 2.74 bits per heavy atom. The summed E-state index contributed by atoms with van der Waals surface area (Å²) in [4.78, 5) is 52.3. The van der Waals surface area contributed by atoms with E-state index >= 15 is 0 Å². The fourth-order valence-electron chi connectivity index (χ4n) is 3.70. The van der Waals surface area contributed by atoms with E-state index in [-0.39, 0.29) is 27.7 Å². The fourth-order valence-corrected chi connectivity index (χ4v) is 8.79. The van der Waals surface area contributed by atoms with Gasteiger partial charge >= 0.3 is 11.1 Å². The molecule has 0 saturated carbocycles. The van der Waals surface area contributed by atoms with Gasteiger partial charge in [-0.1, -0.05) is 33.2 Å². The highest BCUT2D eigenvalue weighted by atomic mass is 35.5. The highest BCUT2D eigenvalue weighted by Crippen LogP contribution is 2.44. The molecule has 3 aromatic rings. The lowest BCUT2D eigenvalue weighted by Gasteiger charge is -2.49. The number of halogens is 2. The molecular weight excluding hydrogens is 615 g/mol. The van der Waals surface area contributed by atoms with Gasteiger partial charge in [-0.25, -0.2) is 14.9 Å². The first-order valence-corrected chi connectivity index (χ1v) is 15.4. The quantitative estimate of drug-likeness (QED) is 0.0678. The van der Waals surface area contributed by atoms with Gasteiger partial charge in [0.15, 0.2) is 6.33 Å². The summed E-state index contributed by atoms with van der Waals surface area (Å²) in [5.74, 6) is -1.31. The van der Waals surface area contributed by atoms with Crippen molar-refractivity contribution in [2.45, 2.75) is 21.5 Å². The van der Waals surface area contributed by atoms with Crippen LogP contribution in [0.3, 0.4) is 0 Å². The number of rotatable bonds is 9. The molecule has 12 nitrogen and oxygen atoms in total. The molecule has 2 aliphatic heterocycles. The molecule has 18 heteroatoms. The summed E-state index contributed by atoms with van der Waals surface area (Å²) in [5.41, 5.74) is 6.39. The molecule has 0 aliphatic carbocycles. The summed E-state index contributed by atoms with van der Waals surface area (Å²) < 4.78 is 1.67. The zero-order valence-electron chi connectivity index (χ0n) is 19.0. The molecule has 198 valence electrons. The van der Waals surface area contributed by atoms with E-state index in [1.54, 1.807) is 22.7 Å². The number of amides is 2. The van der Waals surface area contributed by atoms with Crippen molar-refractivity contribution in [1.82, 2.24) is 30.3 Å². The molecule has 0 unspecified atom stereocenters. The molecule has 1 saturated heterocycles. The minimum Gasteiger partial charge on any atom is -0.477 e. The number of carboxylic acids is 1. The van der Waals surface area contributed by atoms with Gasteiger partial charge in [0.2, 0.25) is 11.7 Å². The summed E-state index contributed by atoms with van der Waals surface area (Å²) in [6.07, 6.45) is 1.52. The number of carbonyl (C=O) groups excluding carboxylic acids is 2. The first kappa shape index (κ1) is 27.2. The lowest BCUT2D eigenvalue weighted by atomic mass is 10.1. The van der Waals surface area contributed by atoms with Crippen molar-refractivity contribution < 1.29 is 24.0 Å². The van der Waals surface area contributed by atoms with Crippen LogP contribution in [0, 0.1) is 0 Å². The van der Waals surface area contributed by atoms with Gasteiger partial charge < -0.3 is 16.2 Å². The van der Waals surface area contributed by atoms with Crippen LogP contribution >= 0.6 is 70.2 Å². The smallest absolute Gasteiger partial charge is 0.353 e. The van der Waals surface area contributed by atoms with Crippen molar-refractivity contribution >= 4 is 99.5 Å². The molecule has 0 spiro atoms. The SMILES string of the molecule is Nc1cc2nc[nH][n+]2c(SCSC2=C(C(=O)O)N3C(=O)[C@@H](NC(=O)CSc4cc(Cl)nc(Cl)c4)[C@H]3SC2)n1. The molecule has 0 aromatic carbocycles. The number of nitrogens with zero attached hydrogens (tertiary/aromatic N) is 5. The average Bonchev–Trinajstić information content (AvgIpc) is 3.33. The van der Waals surface area contributed by atoms with Crippen molar-refractivity contribution in [2.24, 2.45) is 0 Å². The number of nitrogens with one attached hydrogen (secondary N) is 2. The number of hydrogen-bond donors (Lipinski definition) is 4. The standard InChI is InChI=1S/C20H16Cl2N8O4S4/c21-10-1-8(2-11(22)26-10)35-5-14(31)28-15-17(32)29-16(19(33)34)9(4-36-18(15)29)37-7-38-20-27-12(23)3-13-24-6-25-30(13)20/h1-3,6,15,18H,4-5,7H2,(H4,23,24,25,28,31,33,34)/p+1/t15-,18-/m1/s1. The minimum atomic E-state index is -1.20. The Kier molecular flexibility index (Phi) is 8.16. The Bertz CT molecular complexity index is 1470. The number of carboxylic acid groups (broad SMARTS) is 1. The highest BCUT2D eigenvalue weighted by Gasteiger charge is 2.54. The number of H-pyrrole nitrogens is 1. The molecular formula is C20H17Cl2N8O4S4+. The van der Waals surface area contributed by atoms with Crippen LogP contribution in [-0.4, -0.2) is 75.8 Å². The highest BCUT2D eigenvalue weighted by molar-refractivity contribution is 8.18. The van der Waals surface area contributed by atoms with Gasteiger partial charge in [-0.3, -0.25) is 14.5 Å². The number of aromatic amines is 1. The van der Waals surface area contributed by atoms with E-state index in [2.05, 4.69) is 25.4 Å². The normalized spacial score (nSPS) is 18.9. The van der Waals surface area contributed by atoms with Crippen molar-refractivity contribution in [1.29, 1.82) is 0 Å². The Balaban J connectivity index is 1.21. The molecule has 1 fully saturated rings. The molecule has 2 aliphatic rings. The third-order valence-corrected chi connectivity index (χ3v) is 10.3. The van der Waals surface area contributed by atoms with Crippen LogP contribution in [0.2, 0.25) is 10.3 Å². The number of pyridine rings is 1. The Labute approximate surface area is 241 Å². The molecule has 3 aromatic heterocycles. The van der Waals surface area contributed by atoms with Gasteiger partial charge in [0.1, 0.15) is 27.4 Å². The van der Waals surface area contributed by atoms with E-state index < -0.39 is 23.3 Å². The first-order valence-electron chi connectivity index (χ1n) is 10.6. The molecule has 0 radical (unpaired) electrons. The monoisotopic (exact) mass is 631 g/mol. The van der Waals surface area contributed by atoms with E-state index in [9.17, 15) is 19.5 Å². The zero-order valence-corrected chi connectivity index (χ0v) is 23.7. The van der Waals surface area contributed by atoms with Gasteiger partial charge in [0.05, 0.1) is 16.9 Å². The molecule has 2 amide bonds. The number of nitrogen functional groups attached to an aromatic ring is 1. The maximum Gasteiger partial charge on any atom is 0.353 e. The average molecular weight is 633 g/mol. The largest absolute Gasteiger partial charge is 0.477 e. The van der Waals surface area contributed by atoms with E-state index in [1.807, 2.05) is 0 Å². The van der Waals surface area contributed by atoms with Gasteiger partial charge in [-0.05, 0) is 23.9 Å². The minimum absolute atomic E-state index is 0.0252. The molecule has 5 heterocycles. The van der Waals surface area contributed by atoms with E-state index in [0.29, 0.717) is 37.3 Å². The van der Waals surface area contributed by atoms with Crippen LogP contribution in [0.4, 0.5) is 5.82 Å². The summed E-state index contributed by atoms with van der Waals surface area (Å²) in [5, 5.41) is 16.5. The van der Waals surface area contributed by atoms with Crippen LogP contribution < -0.4 is 15.6 Å². The third-order valence-electron chi connectivity index (χ3n) is 5.29. The van der Waals surface area contributed by atoms with E-state index in [4.69, 9.17) is 28.9 Å². The number of aliphatic carboxylic acids is 1. The maximum absolute atomic E-state index is 12.9. The Hall–Kier alpha value is -2.37. The summed E-state index contributed by atoms with van der Waals surface area (Å²) in [6.45, 7) is 0. The topological polar surface area (TPSA) is 171 Å². The van der Waals surface area contributed by atoms with Crippen molar-refractivity contribution in [3.63, 3.8) is 0 Å². The summed E-state index contributed by atoms with van der Waals surface area (Å²) in [6, 6.07) is 3.98. The number of carbonyl (C=O) groups is 3. The molecule has 0 bridgehead atoms. The van der Waals surface area contributed by atoms with Crippen molar-refractivity contribution in [3.8, 4) is 0 Å². The lowest BCUT2D eigenvalue weighted by molar-refractivity contribution is -0.622. The number of thioether (sulfide) groups is 4. The maximum atomic E-state index is 12.9. The fraction of sp³-hybridized carbons (Fsp3) is 0.250. The predicted octanol–water partition coefficient (Wildman–Crippen LogP) is 2.10. The summed E-state index contributed by atoms with van der Waals surface area (Å²) >= 11 is 17.0. The van der Waals surface area contributed by atoms with Crippen LogP contribution in [-0.2, 0) is 14.4 Å². The third kappa shape index (κ3) is 5.65. The second-order valence-corrected chi connectivity index (χ2v) is 13.0. The lowest BCUT2D eigenvalue weighted by Crippen LogP contribution is -2.70. The number of nitrogens with two attached hydrogens (primary N) is 1. The van der Waals surface area contributed by atoms with Gasteiger partial charge in [-0.2, -0.15) is 0 Å². The first-order chi connectivity index (χ1) is 18.2. The second-order valence-electron chi connectivity index (χ2n) is 7.72. The number of hydrogen-bond acceptors (Lipinski definition) is 11. The second kappa shape index (κ2) is 11.4. The molecule has 5 N–H and O–H groups in total. The van der Waals surface area contributed by atoms with E-state index in [1.165, 1.54) is 58.3 Å². The van der Waals surface area contributed by atoms with Gasteiger partial charge in [0.25, 0.3) is 11.6 Å².